The van der Waals surface area contributed by atoms with Crippen molar-refractivity contribution in [3.63, 3.8) is 0 Å². The highest BCUT2D eigenvalue weighted by Crippen LogP contribution is 2.18. The molecular formula is C16H25N7O2. The van der Waals surface area contributed by atoms with Crippen molar-refractivity contribution in [1.29, 1.82) is 0 Å². The maximum Gasteiger partial charge on any atom is 0.330 e. The Hall–Kier alpha value is -2.71. The highest BCUT2D eigenvalue weighted by atomic mass is 16.5. The minimum Gasteiger partial charge on any atom is -0.403 e. The Bertz CT molecular complexity index is 730. The first-order valence-corrected chi connectivity index (χ1v) is 8.42. The minimum atomic E-state index is -0.172. The summed E-state index contributed by atoms with van der Waals surface area (Å²) in [6.45, 7) is 10.4. The van der Waals surface area contributed by atoms with Crippen molar-refractivity contribution in [2.75, 3.05) is 10.6 Å². The molecule has 2 N–H and O–H groups in total. The Morgan fingerprint density at radius 3 is 2.16 bits per heavy atom. The van der Waals surface area contributed by atoms with E-state index < -0.39 is 0 Å². The summed E-state index contributed by atoms with van der Waals surface area (Å²) in [6.07, 6.45) is 0.799. The van der Waals surface area contributed by atoms with Gasteiger partial charge in [0, 0.05) is 30.8 Å². The summed E-state index contributed by atoms with van der Waals surface area (Å²) >= 11 is 0. The third kappa shape index (κ3) is 5.70. The molecule has 0 bridgehead atoms. The van der Waals surface area contributed by atoms with Crippen LogP contribution in [0, 0.1) is 0 Å². The minimum absolute atomic E-state index is 0.107. The van der Waals surface area contributed by atoms with Crippen LogP contribution in [0.1, 0.15) is 41.0 Å². The van der Waals surface area contributed by atoms with Crippen LogP contribution >= 0.6 is 0 Å². The fraction of sp³-hybridized carbons (Fsp3) is 0.562. The number of hydrogen-bond donors (Lipinski definition) is 2. The van der Waals surface area contributed by atoms with Gasteiger partial charge in [-0.25, -0.2) is 4.68 Å². The zero-order chi connectivity index (χ0) is 18.4. The van der Waals surface area contributed by atoms with Gasteiger partial charge in [-0.15, -0.1) is 5.10 Å². The van der Waals surface area contributed by atoms with Gasteiger partial charge in [-0.1, -0.05) is 6.92 Å². The monoisotopic (exact) mass is 347 g/mol. The number of aryl methyl sites for hydroxylation is 1. The molecule has 2 aromatic heterocycles. The van der Waals surface area contributed by atoms with Crippen LogP contribution in [0.5, 0.6) is 11.9 Å². The maximum atomic E-state index is 11.7. The van der Waals surface area contributed by atoms with Crippen molar-refractivity contribution in [3.8, 4) is 11.9 Å². The number of nitrogens with one attached hydrogen (secondary N) is 2. The second-order valence-corrected chi connectivity index (χ2v) is 6.20. The van der Waals surface area contributed by atoms with Gasteiger partial charge in [0.25, 0.3) is 5.56 Å². The molecule has 9 heteroatoms. The van der Waals surface area contributed by atoms with E-state index in [2.05, 4.69) is 30.7 Å². The lowest BCUT2D eigenvalue weighted by atomic mass is 10.4. The lowest BCUT2D eigenvalue weighted by molar-refractivity contribution is 0.398. The molecule has 0 aliphatic heterocycles. The molecule has 2 heterocycles. The van der Waals surface area contributed by atoms with Crippen LogP contribution in [0.3, 0.4) is 0 Å². The van der Waals surface area contributed by atoms with Crippen LogP contribution in [0.4, 0.5) is 11.9 Å². The van der Waals surface area contributed by atoms with Crippen LogP contribution < -0.4 is 20.9 Å². The summed E-state index contributed by atoms with van der Waals surface area (Å²) in [5.74, 6) is 1.07. The summed E-state index contributed by atoms with van der Waals surface area (Å²) in [5.41, 5.74) is -0.172. The molecule has 0 saturated carbocycles. The maximum absolute atomic E-state index is 11.7. The molecule has 0 fully saturated rings. The average molecular weight is 347 g/mol. The first-order valence-electron chi connectivity index (χ1n) is 8.42. The third-order valence-corrected chi connectivity index (χ3v) is 2.92. The Kier molecular flexibility index (Phi) is 6.26. The summed E-state index contributed by atoms with van der Waals surface area (Å²) in [7, 11) is 0. The molecule has 25 heavy (non-hydrogen) atoms. The van der Waals surface area contributed by atoms with Crippen molar-refractivity contribution >= 4 is 11.9 Å². The number of nitrogens with zero attached hydrogens (tertiary/aromatic N) is 5. The quantitative estimate of drug-likeness (QED) is 0.749. The Labute approximate surface area is 146 Å². The number of ether oxygens (including phenoxy) is 1. The van der Waals surface area contributed by atoms with Crippen molar-refractivity contribution in [2.24, 2.45) is 0 Å². The normalized spacial score (nSPS) is 11.0. The fourth-order valence-corrected chi connectivity index (χ4v) is 2.00. The van der Waals surface area contributed by atoms with Gasteiger partial charge >= 0.3 is 6.01 Å². The summed E-state index contributed by atoms with van der Waals surface area (Å²) in [5, 5.41) is 10.4. The first-order chi connectivity index (χ1) is 11.9. The van der Waals surface area contributed by atoms with E-state index in [4.69, 9.17) is 4.74 Å². The molecule has 2 rings (SSSR count). The molecule has 0 amide bonds. The number of anilines is 2. The van der Waals surface area contributed by atoms with Gasteiger partial charge in [-0.3, -0.25) is 4.79 Å². The summed E-state index contributed by atoms with van der Waals surface area (Å²) in [4.78, 5) is 24.6. The predicted octanol–water partition coefficient (Wildman–Crippen LogP) is 2.27. The predicted molar refractivity (Wildman–Crippen MR) is 96.2 cm³/mol. The van der Waals surface area contributed by atoms with Gasteiger partial charge in [-0.2, -0.15) is 15.0 Å². The molecule has 0 radical (unpaired) electrons. The topological polar surface area (TPSA) is 107 Å². The average Bonchev–Trinajstić information content (AvgIpc) is 2.49. The van der Waals surface area contributed by atoms with Gasteiger partial charge in [-0.05, 0) is 34.1 Å². The standard InChI is InChI=1S/C16H25N7O2/c1-6-9-23-13(24)8-7-12(22-23)25-16-20-14(17-10(2)3)19-15(21-16)18-11(4)5/h7-8,10-11H,6,9H2,1-5H3,(H2,17,18,19,20,21). The molecular weight excluding hydrogens is 322 g/mol. The van der Waals surface area contributed by atoms with Gasteiger partial charge in [0.05, 0.1) is 0 Å². The Morgan fingerprint density at radius 2 is 1.64 bits per heavy atom. The number of hydrogen-bond acceptors (Lipinski definition) is 8. The summed E-state index contributed by atoms with van der Waals surface area (Å²) < 4.78 is 7.01. The zero-order valence-corrected chi connectivity index (χ0v) is 15.3. The molecule has 0 saturated heterocycles. The molecule has 0 atom stereocenters. The van der Waals surface area contributed by atoms with Crippen molar-refractivity contribution in [3.05, 3.63) is 22.5 Å². The third-order valence-electron chi connectivity index (χ3n) is 2.92. The lowest BCUT2D eigenvalue weighted by Crippen LogP contribution is -2.22. The van der Waals surface area contributed by atoms with Gasteiger partial charge < -0.3 is 15.4 Å². The van der Waals surface area contributed by atoms with Crippen LogP contribution in [-0.2, 0) is 6.54 Å². The van der Waals surface area contributed by atoms with Crippen LogP contribution in [0.2, 0.25) is 0 Å². The summed E-state index contributed by atoms with van der Waals surface area (Å²) in [6, 6.07) is 3.34. The van der Waals surface area contributed by atoms with Crippen LogP contribution in [0.15, 0.2) is 16.9 Å². The fourth-order valence-electron chi connectivity index (χ4n) is 2.00. The first kappa shape index (κ1) is 18.6. The van der Waals surface area contributed by atoms with E-state index in [0.29, 0.717) is 18.4 Å². The van der Waals surface area contributed by atoms with Crippen molar-refractivity contribution in [1.82, 2.24) is 24.7 Å². The Balaban J connectivity index is 2.30. The van der Waals surface area contributed by atoms with E-state index >= 15 is 0 Å². The second kappa shape index (κ2) is 8.41. The Morgan fingerprint density at radius 1 is 1.04 bits per heavy atom. The molecule has 0 aliphatic rings. The van der Waals surface area contributed by atoms with E-state index in [1.807, 2.05) is 34.6 Å². The molecule has 0 spiro atoms. The molecule has 0 unspecified atom stereocenters. The largest absolute Gasteiger partial charge is 0.403 e. The SMILES string of the molecule is CCCn1nc(Oc2nc(NC(C)C)nc(NC(C)C)n2)ccc1=O. The van der Waals surface area contributed by atoms with E-state index in [9.17, 15) is 4.79 Å². The van der Waals surface area contributed by atoms with Gasteiger partial charge in [0.15, 0.2) is 0 Å². The van der Waals surface area contributed by atoms with E-state index in [-0.39, 0.29) is 29.5 Å². The zero-order valence-electron chi connectivity index (χ0n) is 15.3. The molecule has 0 aromatic carbocycles. The van der Waals surface area contributed by atoms with Crippen LogP contribution in [-0.4, -0.2) is 36.8 Å². The van der Waals surface area contributed by atoms with Crippen LogP contribution in [0.25, 0.3) is 0 Å². The molecule has 2 aromatic rings. The van der Waals surface area contributed by atoms with Gasteiger partial charge in [0.1, 0.15) is 0 Å². The van der Waals surface area contributed by atoms with E-state index in [0.717, 1.165) is 6.42 Å². The molecule has 136 valence electrons. The number of rotatable bonds is 8. The smallest absolute Gasteiger partial charge is 0.330 e. The van der Waals surface area contributed by atoms with E-state index in [1.54, 1.807) is 0 Å². The second-order valence-electron chi connectivity index (χ2n) is 6.20. The van der Waals surface area contributed by atoms with Crippen molar-refractivity contribution < 1.29 is 4.74 Å². The van der Waals surface area contributed by atoms with E-state index in [1.165, 1.54) is 16.8 Å². The highest BCUT2D eigenvalue weighted by molar-refractivity contribution is 5.37. The van der Waals surface area contributed by atoms with Gasteiger partial charge in [0.2, 0.25) is 17.8 Å². The lowest BCUT2D eigenvalue weighted by Gasteiger charge is -2.13. The molecule has 0 aliphatic carbocycles. The van der Waals surface area contributed by atoms with Crippen molar-refractivity contribution in [2.45, 2.75) is 59.7 Å². The highest BCUT2D eigenvalue weighted by Gasteiger charge is 2.11. The molecule has 9 nitrogen and oxygen atoms in total. The number of aromatic nitrogens is 5.